The molecule has 4 heteroatoms. The van der Waals surface area contributed by atoms with Gasteiger partial charge < -0.3 is 5.32 Å². The number of hydrogen-bond acceptors (Lipinski definition) is 3. The second-order valence-electron chi connectivity index (χ2n) is 2.59. The minimum Gasteiger partial charge on any atom is -0.310 e. The van der Waals surface area contributed by atoms with E-state index < -0.39 is 0 Å². The van der Waals surface area contributed by atoms with Crippen LogP contribution in [0, 0.1) is 0 Å². The number of carbonyl (C=O) groups is 1. The van der Waals surface area contributed by atoms with Gasteiger partial charge in [-0.2, -0.15) is 5.10 Å². The highest BCUT2D eigenvalue weighted by atomic mass is 16.2. The van der Waals surface area contributed by atoms with Crippen LogP contribution < -0.4 is 5.32 Å². The molecule has 0 aromatic rings. The van der Waals surface area contributed by atoms with Crippen LogP contribution in [-0.2, 0) is 4.79 Å². The minimum atomic E-state index is -0.148. The summed E-state index contributed by atoms with van der Waals surface area (Å²) in [6.07, 6.45) is 2.84. The van der Waals surface area contributed by atoms with Crippen LogP contribution in [0.15, 0.2) is 29.2 Å². The molecule has 0 fully saturated rings. The SMILES string of the molecule is C=CN1N=CNC(=O)C1=C(C)C. The molecule has 1 amide bonds. The Kier molecular flexibility index (Phi) is 2.28. The highest BCUT2D eigenvalue weighted by Gasteiger charge is 2.18. The van der Waals surface area contributed by atoms with Crippen molar-refractivity contribution >= 4 is 12.2 Å². The third-order valence-corrected chi connectivity index (χ3v) is 1.47. The molecule has 0 aromatic carbocycles. The first-order valence-electron chi connectivity index (χ1n) is 3.59. The Morgan fingerprint density at radius 1 is 1.75 bits per heavy atom. The predicted octanol–water partition coefficient (Wildman–Crippen LogP) is 0.799. The van der Waals surface area contributed by atoms with Crippen LogP contribution in [0.5, 0.6) is 0 Å². The van der Waals surface area contributed by atoms with E-state index in [-0.39, 0.29) is 5.91 Å². The van der Waals surface area contributed by atoms with Gasteiger partial charge in [-0.3, -0.25) is 4.79 Å². The van der Waals surface area contributed by atoms with Gasteiger partial charge in [0.2, 0.25) is 0 Å². The first-order valence-corrected chi connectivity index (χ1v) is 3.59. The van der Waals surface area contributed by atoms with Crippen LogP contribution >= 0.6 is 0 Å². The van der Waals surface area contributed by atoms with Crippen molar-refractivity contribution in [3.63, 3.8) is 0 Å². The molecular weight excluding hydrogens is 154 g/mol. The standard InChI is InChI=1S/C8H11N3O/c1-4-11-7(6(2)3)8(12)9-5-10-11/h4-5H,1H2,2-3H3,(H,9,10,12). The fraction of sp³-hybridized carbons (Fsp3) is 0.250. The Morgan fingerprint density at radius 3 is 2.83 bits per heavy atom. The van der Waals surface area contributed by atoms with Crippen molar-refractivity contribution in [1.29, 1.82) is 0 Å². The predicted molar refractivity (Wildman–Crippen MR) is 47.0 cm³/mol. The maximum absolute atomic E-state index is 11.3. The summed E-state index contributed by atoms with van der Waals surface area (Å²) >= 11 is 0. The van der Waals surface area contributed by atoms with Gasteiger partial charge in [0.15, 0.2) is 0 Å². The van der Waals surface area contributed by atoms with Crippen molar-refractivity contribution in [2.45, 2.75) is 13.8 Å². The third-order valence-electron chi connectivity index (χ3n) is 1.47. The molecule has 4 nitrogen and oxygen atoms in total. The molecule has 0 saturated heterocycles. The maximum atomic E-state index is 11.3. The van der Waals surface area contributed by atoms with Gasteiger partial charge in [0.1, 0.15) is 12.0 Å². The van der Waals surface area contributed by atoms with Gasteiger partial charge in [0, 0.05) is 6.20 Å². The molecular formula is C8H11N3O. The number of nitrogens with one attached hydrogen (secondary N) is 1. The van der Waals surface area contributed by atoms with Crippen LogP contribution in [0.4, 0.5) is 0 Å². The fourth-order valence-electron chi connectivity index (χ4n) is 0.974. The zero-order valence-electron chi connectivity index (χ0n) is 7.16. The van der Waals surface area contributed by atoms with Gasteiger partial charge >= 0.3 is 0 Å². The summed E-state index contributed by atoms with van der Waals surface area (Å²) in [5, 5.41) is 7.85. The topological polar surface area (TPSA) is 44.7 Å². The Morgan fingerprint density at radius 2 is 2.42 bits per heavy atom. The van der Waals surface area contributed by atoms with Crippen LogP contribution in [-0.4, -0.2) is 17.3 Å². The number of carbonyl (C=O) groups excluding carboxylic acids is 1. The Bertz CT molecular complexity index is 274. The summed E-state index contributed by atoms with van der Waals surface area (Å²) in [6, 6.07) is 0. The fourth-order valence-corrected chi connectivity index (χ4v) is 0.974. The number of amides is 1. The molecule has 0 atom stereocenters. The number of nitrogens with zero attached hydrogens (tertiary/aromatic N) is 2. The van der Waals surface area contributed by atoms with Crippen molar-refractivity contribution in [2.75, 3.05) is 0 Å². The van der Waals surface area contributed by atoms with Gasteiger partial charge in [-0.25, -0.2) is 5.01 Å². The van der Waals surface area contributed by atoms with E-state index in [4.69, 9.17) is 0 Å². The molecule has 1 rings (SSSR count). The average molecular weight is 165 g/mol. The highest BCUT2D eigenvalue weighted by molar-refractivity contribution is 6.01. The second-order valence-corrected chi connectivity index (χ2v) is 2.59. The molecule has 0 aromatic heterocycles. The Hall–Kier alpha value is -1.58. The van der Waals surface area contributed by atoms with Gasteiger partial charge in [-0.15, -0.1) is 0 Å². The van der Waals surface area contributed by atoms with E-state index in [0.717, 1.165) is 5.57 Å². The lowest BCUT2D eigenvalue weighted by molar-refractivity contribution is -0.117. The molecule has 64 valence electrons. The van der Waals surface area contributed by atoms with Crippen LogP contribution in [0.2, 0.25) is 0 Å². The molecule has 0 radical (unpaired) electrons. The van der Waals surface area contributed by atoms with Gasteiger partial charge in [0.05, 0.1) is 0 Å². The zero-order valence-corrected chi connectivity index (χ0v) is 7.16. The van der Waals surface area contributed by atoms with Crippen LogP contribution in [0.25, 0.3) is 0 Å². The minimum absolute atomic E-state index is 0.148. The number of hydrazone groups is 1. The van der Waals surface area contributed by atoms with Crippen LogP contribution in [0.1, 0.15) is 13.8 Å². The molecule has 1 aliphatic heterocycles. The summed E-state index contributed by atoms with van der Waals surface area (Å²) in [5.41, 5.74) is 1.44. The van der Waals surface area contributed by atoms with E-state index >= 15 is 0 Å². The number of rotatable bonds is 1. The first-order chi connectivity index (χ1) is 5.66. The molecule has 0 saturated carbocycles. The van der Waals surface area contributed by atoms with Crippen LogP contribution in [0.3, 0.4) is 0 Å². The number of allylic oxidation sites excluding steroid dienone is 1. The first kappa shape index (κ1) is 8.52. The molecule has 12 heavy (non-hydrogen) atoms. The third kappa shape index (κ3) is 1.37. The van der Waals surface area contributed by atoms with Crippen molar-refractivity contribution in [3.05, 3.63) is 24.0 Å². The molecule has 0 unspecified atom stereocenters. The van der Waals surface area contributed by atoms with Gasteiger partial charge in [0.25, 0.3) is 5.91 Å². The number of hydrogen-bond donors (Lipinski definition) is 1. The largest absolute Gasteiger partial charge is 0.310 e. The van der Waals surface area contributed by atoms with Gasteiger partial charge in [-0.1, -0.05) is 6.58 Å². The van der Waals surface area contributed by atoms with Crippen molar-refractivity contribution < 1.29 is 4.79 Å². The molecule has 0 spiro atoms. The average Bonchev–Trinajstić information content (AvgIpc) is 2.03. The highest BCUT2D eigenvalue weighted by Crippen LogP contribution is 2.12. The normalized spacial score (nSPS) is 16.0. The Balaban J connectivity index is 3.09. The lowest BCUT2D eigenvalue weighted by atomic mass is 10.2. The van der Waals surface area contributed by atoms with E-state index in [0.29, 0.717) is 5.70 Å². The van der Waals surface area contributed by atoms with Crippen molar-refractivity contribution in [3.8, 4) is 0 Å². The van der Waals surface area contributed by atoms with E-state index in [1.54, 1.807) is 0 Å². The molecule has 0 aliphatic carbocycles. The maximum Gasteiger partial charge on any atom is 0.274 e. The molecule has 1 heterocycles. The molecule has 1 N–H and O–H groups in total. The lowest BCUT2D eigenvalue weighted by Gasteiger charge is -2.21. The summed E-state index contributed by atoms with van der Waals surface area (Å²) in [6.45, 7) is 7.26. The summed E-state index contributed by atoms with van der Waals surface area (Å²) in [4.78, 5) is 11.3. The monoisotopic (exact) mass is 165 g/mol. The van der Waals surface area contributed by atoms with E-state index in [2.05, 4.69) is 17.0 Å². The van der Waals surface area contributed by atoms with Gasteiger partial charge in [-0.05, 0) is 19.4 Å². The van der Waals surface area contributed by atoms with E-state index in [1.165, 1.54) is 17.5 Å². The van der Waals surface area contributed by atoms with Crippen molar-refractivity contribution in [2.24, 2.45) is 5.10 Å². The zero-order chi connectivity index (χ0) is 9.14. The Labute approximate surface area is 71.2 Å². The summed E-state index contributed by atoms with van der Waals surface area (Å²) in [7, 11) is 0. The molecule has 1 aliphatic rings. The molecule has 0 bridgehead atoms. The van der Waals surface area contributed by atoms with E-state index in [1.807, 2.05) is 13.8 Å². The summed E-state index contributed by atoms with van der Waals surface area (Å²) in [5.74, 6) is -0.148. The van der Waals surface area contributed by atoms with Crippen molar-refractivity contribution in [1.82, 2.24) is 10.3 Å². The summed E-state index contributed by atoms with van der Waals surface area (Å²) < 4.78 is 0. The van der Waals surface area contributed by atoms with E-state index in [9.17, 15) is 4.79 Å². The lowest BCUT2D eigenvalue weighted by Crippen LogP contribution is -2.35. The quantitative estimate of drug-likeness (QED) is 0.584. The smallest absolute Gasteiger partial charge is 0.274 e. The second kappa shape index (κ2) is 3.21.